The summed E-state index contributed by atoms with van der Waals surface area (Å²) in [5.74, 6) is 3.36. The third-order valence-electron chi connectivity index (χ3n) is 3.54. The van der Waals surface area contributed by atoms with Gasteiger partial charge in [-0.3, -0.25) is 0 Å². The molecule has 0 N–H and O–H groups in total. The van der Waals surface area contributed by atoms with Crippen molar-refractivity contribution in [1.82, 2.24) is 9.78 Å². The highest BCUT2D eigenvalue weighted by atomic mass is 32.3. The molecule has 1 atom stereocenters. The van der Waals surface area contributed by atoms with E-state index in [2.05, 4.69) is 53.2 Å². The Balaban J connectivity index is 2.07. The first kappa shape index (κ1) is 14.5. The lowest BCUT2D eigenvalue weighted by atomic mass is 10.1. The van der Waals surface area contributed by atoms with E-state index in [1.807, 2.05) is 10.9 Å². The van der Waals surface area contributed by atoms with Gasteiger partial charge in [-0.15, -0.1) is 0 Å². The molecule has 1 aromatic carbocycles. The van der Waals surface area contributed by atoms with Gasteiger partial charge in [-0.2, -0.15) is 15.1 Å². The first-order chi connectivity index (χ1) is 10.0. The monoisotopic (exact) mass is 302 g/mol. The number of fused-ring (bicyclic) bond motifs is 1. The molecule has 0 radical (unpaired) electrons. The van der Waals surface area contributed by atoms with Crippen LogP contribution < -0.4 is 0 Å². The second kappa shape index (κ2) is 5.75. The van der Waals surface area contributed by atoms with Crippen LogP contribution in [-0.4, -0.2) is 35.2 Å². The van der Waals surface area contributed by atoms with E-state index in [4.69, 9.17) is 4.74 Å². The predicted octanol–water partition coefficient (Wildman–Crippen LogP) is 3.74. The van der Waals surface area contributed by atoms with Crippen LogP contribution in [0, 0.1) is 11.2 Å². The van der Waals surface area contributed by atoms with Gasteiger partial charge in [0, 0.05) is 12.0 Å². The highest BCUT2D eigenvalue weighted by Gasteiger charge is 2.19. The lowest BCUT2D eigenvalue weighted by molar-refractivity contribution is -0.0367. The van der Waals surface area contributed by atoms with E-state index < -0.39 is 10.0 Å². The molecular formula is C17H22N2OS. The fraction of sp³-hybridized carbons (Fsp3) is 0.471. The van der Waals surface area contributed by atoms with Gasteiger partial charge in [-0.25, -0.2) is 4.68 Å². The topological polar surface area (TPSA) is 27.1 Å². The molecule has 4 heteroatoms. The van der Waals surface area contributed by atoms with Crippen molar-refractivity contribution in [1.29, 1.82) is 0 Å². The van der Waals surface area contributed by atoms with Crippen molar-refractivity contribution in [2.24, 2.45) is 0 Å². The van der Waals surface area contributed by atoms with Crippen LogP contribution >= 0.6 is 10.0 Å². The van der Waals surface area contributed by atoms with E-state index >= 15 is 0 Å². The van der Waals surface area contributed by atoms with Crippen molar-refractivity contribution < 1.29 is 4.74 Å². The number of nitrogens with zero attached hydrogens (tertiary/aromatic N) is 2. The normalized spacial score (nSPS) is 20.0. The Morgan fingerprint density at radius 1 is 1.29 bits per heavy atom. The van der Waals surface area contributed by atoms with E-state index in [1.165, 1.54) is 6.42 Å². The lowest BCUT2D eigenvalue weighted by Gasteiger charge is -2.23. The number of hydrogen-bond acceptors (Lipinski definition) is 2. The average Bonchev–Trinajstić information content (AvgIpc) is 2.90. The van der Waals surface area contributed by atoms with Crippen LogP contribution in [0.25, 0.3) is 10.9 Å². The summed E-state index contributed by atoms with van der Waals surface area (Å²) in [4.78, 5) is 0. The molecule has 1 aliphatic heterocycles. The summed E-state index contributed by atoms with van der Waals surface area (Å²) in [7, 11) is -0.834. The Hall–Kier alpha value is -1.44. The molecule has 0 aliphatic carbocycles. The minimum atomic E-state index is -0.834. The average molecular weight is 302 g/mol. The van der Waals surface area contributed by atoms with E-state index in [1.54, 1.807) is 0 Å². The maximum atomic E-state index is 5.89. The molecule has 21 heavy (non-hydrogen) atoms. The summed E-state index contributed by atoms with van der Waals surface area (Å²) in [6.07, 6.45) is 12.0. The molecule has 112 valence electrons. The van der Waals surface area contributed by atoms with Crippen molar-refractivity contribution in [3.63, 3.8) is 0 Å². The smallest absolute Gasteiger partial charge is 0.150 e. The van der Waals surface area contributed by atoms with E-state index in [-0.39, 0.29) is 6.23 Å². The number of ether oxygens (including phenoxy) is 1. The zero-order valence-corrected chi connectivity index (χ0v) is 13.7. The number of hydrogen-bond donors (Lipinski definition) is 0. The summed E-state index contributed by atoms with van der Waals surface area (Å²) in [6, 6.07) is 6.23. The summed E-state index contributed by atoms with van der Waals surface area (Å²) in [5, 5.41) is 9.10. The van der Waals surface area contributed by atoms with E-state index in [0.29, 0.717) is 0 Å². The quantitative estimate of drug-likeness (QED) is 0.750. The Kier molecular flexibility index (Phi) is 3.97. The SMILES string of the molecule is CS(C)(C)C#Cc1cccc2cnn(C3CCCCO3)c12. The lowest BCUT2D eigenvalue weighted by Crippen LogP contribution is -2.19. The van der Waals surface area contributed by atoms with Gasteiger partial charge >= 0.3 is 0 Å². The van der Waals surface area contributed by atoms with Gasteiger partial charge < -0.3 is 4.74 Å². The van der Waals surface area contributed by atoms with Crippen LogP contribution in [0.1, 0.15) is 31.1 Å². The second-order valence-corrected chi connectivity index (χ2v) is 10.1. The fourth-order valence-electron chi connectivity index (χ4n) is 2.55. The van der Waals surface area contributed by atoms with Crippen LogP contribution in [-0.2, 0) is 4.74 Å². The molecule has 1 fully saturated rings. The van der Waals surface area contributed by atoms with Gasteiger partial charge in [0.1, 0.15) is 0 Å². The van der Waals surface area contributed by atoms with Crippen LogP contribution in [0.15, 0.2) is 24.4 Å². The zero-order chi connectivity index (χ0) is 14.9. The zero-order valence-electron chi connectivity index (χ0n) is 12.9. The highest BCUT2D eigenvalue weighted by molar-refractivity contribution is 8.35. The molecule has 1 aromatic heterocycles. The number of aromatic nitrogens is 2. The minimum absolute atomic E-state index is 0.0567. The van der Waals surface area contributed by atoms with Gasteiger partial charge in [-0.05, 0) is 49.3 Å². The van der Waals surface area contributed by atoms with Crippen LogP contribution in [0.4, 0.5) is 0 Å². The molecule has 0 saturated carbocycles. The maximum absolute atomic E-state index is 5.89. The second-order valence-electron chi connectivity index (χ2n) is 6.22. The Bertz CT molecular complexity index is 697. The van der Waals surface area contributed by atoms with Crippen LogP contribution in [0.2, 0.25) is 0 Å². The summed E-state index contributed by atoms with van der Waals surface area (Å²) < 4.78 is 7.91. The van der Waals surface area contributed by atoms with E-state index in [0.717, 1.165) is 35.9 Å². The molecule has 0 amide bonds. The van der Waals surface area contributed by atoms with Crippen molar-refractivity contribution in [3.05, 3.63) is 30.0 Å². The molecule has 1 aliphatic rings. The van der Waals surface area contributed by atoms with Gasteiger partial charge in [-0.1, -0.05) is 18.1 Å². The summed E-state index contributed by atoms with van der Waals surface area (Å²) >= 11 is 0. The molecular weight excluding hydrogens is 280 g/mol. The Labute approximate surface area is 128 Å². The van der Waals surface area contributed by atoms with E-state index in [9.17, 15) is 0 Å². The maximum Gasteiger partial charge on any atom is 0.150 e. The van der Waals surface area contributed by atoms with Crippen LogP contribution in [0.3, 0.4) is 0 Å². The largest absolute Gasteiger partial charge is 0.356 e. The van der Waals surface area contributed by atoms with Crippen molar-refractivity contribution >= 4 is 20.9 Å². The van der Waals surface area contributed by atoms with Gasteiger partial charge in [0.05, 0.1) is 17.3 Å². The van der Waals surface area contributed by atoms with Gasteiger partial charge in [0.15, 0.2) is 6.23 Å². The first-order valence-corrected chi connectivity index (χ1v) is 10.2. The molecule has 1 unspecified atom stereocenters. The molecule has 3 nitrogen and oxygen atoms in total. The number of para-hydroxylation sites is 1. The van der Waals surface area contributed by atoms with Crippen LogP contribution in [0.5, 0.6) is 0 Å². The molecule has 2 aromatic rings. The standard InChI is InChI=1S/C17H22N2OS/c1-21(2,3)12-10-14-7-6-8-15-13-18-19(17(14)15)16-9-4-5-11-20-16/h6-8,13,16H,4-5,9,11H2,1-3H3. The van der Waals surface area contributed by atoms with Gasteiger partial charge in [0.25, 0.3) is 0 Å². The minimum Gasteiger partial charge on any atom is -0.356 e. The fourth-order valence-corrected chi connectivity index (χ4v) is 2.96. The Morgan fingerprint density at radius 2 is 2.14 bits per heavy atom. The number of rotatable bonds is 1. The summed E-state index contributed by atoms with van der Waals surface area (Å²) in [6.45, 7) is 0.825. The van der Waals surface area contributed by atoms with Gasteiger partial charge in [0.2, 0.25) is 0 Å². The van der Waals surface area contributed by atoms with Crippen molar-refractivity contribution in [3.8, 4) is 11.2 Å². The Morgan fingerprint density at radius 3 is 2.86 bits per heavy atom. The molecule has 0 bridgehead atoms. The molecule has 0 spiro atoms. The number of benzene rings is 1. The molecule has 2 heterocycles. The summed E-state index contributed by atoms with van der Waals surface area (Å²) in [5.41, 5.74) is 2.17. The van der Waals surface area contributed by atoms with Crippen molar-refractivity contribution in [2.75, 3.05) is 25.4 Å². The highest BCUT2D eigenvalue weighted by Crippen LogP contribution is 2.33. The molecule has 3 rings (SSSR count). The third-order valence-corrected chi connectivity index (χ3v) is 4.25. The third kappa shape index (κ3) is 3.25. The first-order valence-electron chi connectivity index (χ1n) is 7.33. The molecule has 1 saturated heterocycles. The van der Waals surface area contributed by atoms with Crippen molar-refractivity contribution in [2.45, 2.75) is 25.5 Å². The predicted molar refractivity (Wildman–Crippen MR) is 90.8 cm³/mol.